The fraction of sp³-hybridized carbons (Fsp3) is 0.333. The van der Waals surface area contributed by atoms with Gasteiger partial charge in [0.1, 0.15) is 16.5 Å². The second-order valence-electron chi connectivity index (χ2n) is 6.40. The van der Waals surface area contributed by atoms with E-state index in [0.29, 0.717) is 29.5 Å². The maximum atomic E-state index is 12.4. The third kappa shape index (κ3) is 3.47. The number of aromatic amines is 1. The Hall–Kier alpha value is -2.32. The number of hydrogen-bond acceptors (Lipinski definition) is 5. The third-order valence-electron chi connectivity index (χ3n) is 4.44. The van der Waals surface area contributed by atoms with Crippen LogP contribution in [-0.4, -0.2) is 32.2 Å². The predicted molar refractivity (Wildman–Crippen MR) is 104 cm³/mol. The van der Waals surface area contributed by atoms with Gasteiger partial charge in [-0.3, -0.25) is 9.89 Å². The normalized spacial score (nSPS) is 13.7. The molecule has 1 saturated carbocycles. The van der Waals surface area contributed by atoms with E-state index in [1.807, 2.05) is 31.2 Å². The zero-order valence-electron chi connectivity index (χ0n) is 14.4. The molecule has 134 valence electrons. The second-order valence-corrected chi connectivity index (χ2v) is 7.65. The number of H-pyrrole nitrogens is 1. The van der Waals surface area contributed by atoms with Crippen molar-refractivity contribution in [2.45, 2.75) is 32.2 Å². The summed E-state index contributed by atoms with van der Waals surface area (Å²) in [6.45, 7) is 2.55. The van der Waals surface area contributed by atoms with Gasteiger partial charge in [-0.25, -0.2) is 4.98 Å². The summed E-state index contributed by atoms with van der Waals surface area (Å²) in [5, 5.41) is 12.7. The standard InChI is InChI=1S/C18H19N5OS2/c1-11-4-2-3-5-13(11)17-20-14(10-26-17)16(24)19-9-8-15-21-22-18(25)23(15)12-6-7-12/h2-5,10,12H,6-9H2,1H3,(H,19,24)(H,22,25). The van der Waals surface area contributed by atoms with Crippen molar-refractivity contribution >= 4 is 29.5 Å². The van der Waals surface area contributed by atoms with Gasteiger partial charge in [-0.05, 0) is 37.5 Å². The molecule has 0 atom stereocenters. The van der Waals surface area contributed by atoms with Crippen LogP contribution >= 0.6 is 23.6 Å². The summed E-state index contributed by atoms with van der Waals surface area (Å²) in [5.74, 6) is 0.741. The number of benzene rings is 1. The largest absolute Gasteiger partial charge is 0.350 e. The summed E-state index contributed by atoms with van der Waals surface area (Å²) in [5.41, 5.74) is 2.67. The lowest BCUT2D eigenvalue weighted by atomic mass is 10.1. The number of hydrogen-bond donors (Lipinski definition) is 2. The van der Waals surface area contributed by atoms with Crippen LogP contribution < -0.4 is 5.32 Å². The fourth-order valence-corrected chi connectivity index (χ4v) is 4.11. The van der Waals surface area contributed by atoms with Crippen LogP contribution in [0.2, 0.25) is 0 Å². The molecule has 26 heavy (non-hydrogen) atoms. The number of nitrogens with one attached hydrogen (secondary N) is 2. The molecule has 8 heteroatoms. The molecule has 1 aliphatic carbocycles. The highest BCUT2D eigenvalue weighted by Gasteiger charge is 2.27. The van der Waals surface area contributed by atoms with Crippen molar-refractivity contribution in [2.75, 3.05) is 6.54 Å². The summed E-state index contributed by atoms with van der Waals surface area (Å²) >= 11 is 6.76. The topological polar surface area (TPSA) is 75.6 Å². The van der Waals surface area contributed by atoms with Gasteiger partial charge in [-0.1, -0.05) is 24.3 Å². The highest BCUT2D eigenvalue weighted by molar-refractivity contribution is 7.71. The first-order valence-corrected chi connectivity index (χ1v) is 9.88. The molecule has 3 aromatic rings. The van der Waals surface area contributed by atoms with Crippen molar-refractivity contribution in [1.29, 1.82) is 0 Å². The molecule has 6 nitrogen and oxygen atoms in total. The number of carbonyl (C=O) groups excluding carboxylic acids is 1. The molecule has 2 heterocycles. The quantitative estimate of drug-likeness (QED) is 0.635. The van der Waals surface area contributed by atoms with Crippen molar-refractivity contribution in [3.8, 4) is 10.6 Å². The number of aromatic nitrogens is 4. The number of rotatable bonds is 6. The summed E-state index contributed by atoms with van der Waals surface area (Å²) < 4.78 is 2.73. The number of carbonyl (C=O) groups is 1. The van der Waals surface area contributed by atoms with E-state index in [1.54, 1.807) is 5.38 Å². The average Bonchev–Trinajstić information content (AvgIpc) is 3.22. The minimum atomic E-state index is -0.159. The Morgan fingerprint density at radius 1 is 1.42 bits per heavy atom. The van der Waals surface area contributed by atoms with Crippen LogP contribution in [-0.2, 0) is 6.42 Å². The van der Waals surface area contributed by atoms with E-state index < -0.39 is 0 Å². The second kappa shape index (κ2) is 7.13. The van der Waals surface area contributed by atoms with Gasteiger partial charge >= 0.3 is 0 Å². The first-order chi connectivity index (χ1) is 12.6. The average molecular weight is 386 g/mol. The smallest absolute Gasteiger partial charge is 0.270 e. The Bertz CT molecular complexity index is 999. The van der Waals surface area contributed by atoms with Crippen LogP contribution in [0.3, 0.4) is 0 Å². The maximum absolute atomic E-state index is 12.4. The van der Waals surface area contributed by atoms with E-state index in [2.05, 4.69) is 25.1 Å². The van der Waals surface area contributed by atoms with Crippen LogP contribution in [0.25, 0.3) is 10.6 Å². The van der Waals surface area contributed by atoms with Crippen molar-refractivity contribution in [3.63, 3.8) is 0 Å². The van der Waals surface area contributed by atoms with Crippen molar-refractivity contribution in [1.82, 2.24) is 25.1 Å². The fourth-order valence-electron chi connectivity index (χ4n) is 2.92. The molecule has 0 aliphatic heterocycles. The van der Waals surface area contributed by atoms with E-state index in [4.69, 9.17) is 12.2 Å². The van der Waals surface area contributed by atoms with Crippen molar-refractivity contribution < 1.29 is 4.79 Å². The number of amides is 1. The molecule has 2 N–H and O–H groups in total. The predicted octanol–water partition coefficient (Wildman–Crippen LogP) is 3.68. The Morgan fingerprint density at radius 2 is 2.23 bits per heavy atom. The Labute approximate surface area is 160 Å². The van der Waals surface area contributed by atoms with E-state index >= 15 is 0 Å². The molecule has 4 rings (SSSR count). The molecule has 0 spiro atoms. The molecular weight excluding hydrogens is 366 g/mol. The van der Waals surface area contributed by atoms with Crippen LogP contribution in [0.4, 0.5) is 0 Å². The van der Waals surface area contributed by atoms with Crippen LogP contribution in [0.1, 0.15) is 40.8 Å². The number of thiazole rings is 1. The van der Waals surface area contributed by atoms with E-state index in [9.17, 15) is 4.79 Å². The highest BCUT2D eigenvalue weighted by atomic mass is 32.1. The van der Waals surface area contributed by atoms with Gasteiger partial charge in [0.15, 0.2) is 4.77 Å². The van der Waals surface area contributed by atoms with Crippen molar-refractivity contribution in [3.05, 3.63) is 51.5 Å². The lowest BCUT2D eigenvalue weighted by Crippen LogP contribution is -2.26. The van der Waals surface area contributed by atoms with Crippen molar-refractivity contribution in [2.24, 2.45) is 0 Å². The summed E-state index contributed by atoms with van der Waals surface area (Å²) in [7, 11) is 0. The Balaban J connectivity index is 1.39. The molecule has 0 unspecified atom stereocenters. The highest BCUT2D eigenvalue weighted by Crippen LogP contribution is 2.35. The molecule has 1 amide bonds. The zero-order chi connectivity index (χ0) is 18.1. The van der Waals surface area contributed by atoms with E-state index in [0.717, 1.165) is 34.8 Å². The van der Waals surface area contributed by atoms with Gasteiger partial charge in [0.25, 0.3) is 5.91 Å². The minimum Gasteiger partial charge on any atom is -0.350 e. The maximum Gasteiger partial charge on any atom is 0.270 e. The summed E-state index contributed by atoms with van der Waals surface area (Å²) in [6.07, 6.45) is 2.94. The Kier molecular flexibility index (Phi) is 4.69. The SMILES string of the molecule is Cc1ccccc1-c1nc(C(=O)NCCc2n[nH]c(=S)n2C2CC2)cs1. The third-order valence-corrected chi connectivity index (χ3v) is 5.60. The molecule has 0 bridgehead atoms. The summed E-state index contributed by atoms with van der Waals surface area (Å²) in [6, 6.07) is 8.52. The molecule has 2 aromatic heterocycles. The molecule has 0 saturated heterocycles. The lowest BCUT2D eigenvalue weighted by Gasteiger charge is -2.05. The van der Waals surface area contributed by atoms with Gasteiger partial charge in [0.05, 0.1) is 0 Å². The van der Waals surface area contributed by atoms with Crippen LogP contribution in [0, 0.1) is 11.7 Å². The molecule has 0 radical (unpaired) electrons. The molecule has 1 aliphatic rings. The van der Waals surface area contributed by atoms with E-state index in [1.165, 1.54) is 11.3 Å². The Morgan fingerprint density at radius 3 is 3.00 bits per heavy atom. The van der Waals surface area contributed by atoms with Crippen LogP contribution in [0.5, 0.6) is 0 Å². The van der Waals surface area contributed by atoms with Gasteiger partial charge in [-0.2, -0.15) is 5.10 Å². The first-order valence-electron chi connectivity index (χ1n) is 8.59. The van der Waals surface area contributed by atoms with Gasteiger partial charge in [0.2, 0.25) is 0 Å². The monoisotopic (exact) mass is 385 g/mol. The molecule has 1 aromatic carbocycles. The van der Waals surface area contributed by atoms with Crippen LogP contribution in [0.15, 0.2) is 29.6 Å². The van der Waals surface area contributed by atoms with Gasteiger partial charge in [0, 0.05) is 30.0 Å². The molecular formula is C18H19N5OS2. The van der Waals surface area contributed by atoms with Gasteiger partial charge in [-0.15, -0.1) is 11.3 Å². The van der Waals surface area contributed by atoms with Gasteiger partial charge < -0.3 is 9.88 Å². The summed E-state index contributed by atoms with van der Waals surface area (Å²) in [4.78, 5) is 16.9. The minimum absolute atomic E-state index is 0.159. The zero-order valence-corrected chi connectivity index (χ0v) is 16.0. The number of nitrogens with zero attached hydrogens (tertiary/aromatic N) is 3. The lowest BCUT2D eigenvalue weighted by molar-refractivity contribution is 0.0949. The number of aryl methyl sites for hydroxylation is 1. The first kappa shape index (κ1) is 17.1. The van der Waals surface area contributed by atoms with E-state index in [-0.39, 0.29) is 5.91 Å². The molecule has 1 fully saturated rings.